The van der Waals surface area contributed by atoms with Crippen molar-refractivity contribution in [3.05, 3.63) is 17.5 Å². The van der Waals surface area contributed by atoms with Gasteiger partial charge >= 0.3 is 0 Å². The van der Waals surface area contributed by atoms with Gasteiger partial charge in [-0.3, -0.25) is 0 Å². The van der Waals surface area contributed by atoms with Gasteiger partial charge in [0.05, 0.1) is 0 Å². The lowest BCUT2D eigenvalue weighted by atomic mass is 10.2. The summed E-state index contributed by atoms with van der Waals surface area (Å²) in [5.41, 5.74) is 2.27. The number of anilines is 1. The number of rotatable bonds is 5. The molecule has 1 aliphatic heterocycles. The molecule has 0 saturated carbocycles. The molecule has 20 heavy (non-hydrogen) atoms. The first kappa shape index (κ1) is 15.2. The van der Waals surface area contributed by atoms with Gasteiger partial charge in [-0.15, -0.1) is 0 Å². The first-order chi connectivity index (χ1) is 9.60. The minimum atomic E-state index is 0.483. The first-order valence-electron chi connectivity index (χ1n) is 7.63. The van der Waals surface area contributed by atoms with Gasteiger partial charge in [0.25, 0.3) is 0 Å². The summed E-state index contributed by atoms with van der Waals surface area (Å²) in [6.45, 7) is 14.8. The molecule has 0 spiro atoms. The molecule has 0 atom stereocenters. The van der Waals surface area contributed by atoms with Crippen LogP contribution in [0.15, 0.2) is 6.20 Å². The maximum absolute atomic E-state index is 4.68. The Balaban J connectivity index is 1.98. The summed E-state index contributed by atoms with van der Waals surface area (Å²) in [5.74, 6) is 0.881. The fourth-order valence-electron chi connectivity index (χ4n) is 2.38. The molecule has 1 aliphatic rings. The summed E-state index contributed by atoms with van der Waals surface area (Å²) >= 11 is 0. The molecular formula is C15H27N5. The van der Waals surface area contributed by atoms with E-state index in [9.17, 15) is 0 Å². The molecule has 1 saturated heterocycles. The van der Waals surface area contributed by atoms with Crippen molar-refractivity contribution < 1.29 is 0 Å². The van der Waals surface area contributed by atoms with Gasteiger partial charge in [-0.25, -0.2) is 9.97 Å². The third kappa shape index (κ3) is 3.90. The van der Waals surface area contributed by atoms with Gasteiger partial charge in [0.1, 0.15) is 0 Å². The fraction of sp³-hybridized carbons (Fsp3) is 0.733. The van der Waals surface area contributed by atoms with Crippen LogP contribution in [0.3, 0.4) is 0 Å². The van der Waals surface area contributed by atoms with Crippen LogP contribution >= 0.6 is 0 Å². The number of nitrogens with zero attached hydrogens (tertiary/aromatic N) is 4. The topological polar surface area (TPSA) is 44.3 Å². The second-order valence-electron chi connectivity index (χ2n) is 5.74. The molecule has 0 radical (unpaired) electrons. The van der Waals surface area contributed by atoms with Crippen LogP contribution in [0, 0.1) is 6.92 Å². The smallest absolute Gasteiger partial charge is 0.225 e. The predicted octanol–water partition coefficient (Wildman–Crippen LogP) is 1.42. The Bertz CT molecular complexity index is 424. The van der Waals surface area contributed by atoms with Crippen molar-refractivity contribution in [1.29, 1.82) is 0 Å². The maximum atomic E-state index is 4.68. The average Bonchev–Trinajstić information content (AvgIpc) is 2.46. The lowest BCUT2D eigenvalue weighted by Gasteiger charge is -2.34. The van der Waals surface area contributed by atoms with Crippen molar-refractivity contribution in [2.24, 2.45) is 0 Å². The Hall–Kier alpha value is -1.20. The van der Waals surface area contributed by atoms with Crippen molar-refractivity contribution in [3.63, 3.8) is 0 Å². The molecule has 0 bridgehead atoms. The molecule has 0 aromatic carbocycles. The van der Waals surface area contributed by atoms with Crippen LogP contribution in [0.25, 0.3) is 0 Å². The van der Waals surface area contributed by atoms with E-state index in [2.05, 4.69) is 52.8 Å². The van der Waals surface area contributed by atoms with Gasteiger partial charge in [-0.2, -0.15) is 0 Å². The third-order valence-electron chi connectivity index (χ3n) is 3.87. The molecule has 1 N–H and O–H groups in total. The Morgan fingerprint density at radius 1 is 1.25 bits per heavy atom. The van der Waals surface area contributed by atoms with Crippen LogP contribution < -0.4 is 10.2 Å². The van der Waals surface area contributed by atoms with E-state index in [1.54, 1.807) is 0 Å². The quantitative estimate of drug-likeness (QED) is 0.882. The van der Waals surface area contributed by atoms with E-state index < -0.39 is 0 Å². The third-order valence-corrected chi connectivity index (χ3v) is 3.87. The summed E-state index contributed by atoms with van der Waals surface area (Å²) in [6, 6.07) is 0.483. The minimum Gasteiger partial charge on any atom is -0.338 e. The molecule has 0 unspecified atom stereocenters. The molecule has 0 amide bonds. The number of nitrogens with one attached hydrogen (secondary N) is 1. The Morgan fingerprint density at radius 2 is 1.95 bits per heavy atom. The second-order valence-corrected chi connectivity index (χ2v) is 5.74. The van der Waals surface area contributed by atoms with Crippen LogP contribution in [-0.2, 0) is 6.54 Å². The van der Waals surface area contributed by atoms with Crippen LogP contribution in [0.4, 0.5) is 5.95 Å². The standard InChI is InChI=1S/C15H27N5/c1-5-19-6-8-20(9-7-19)15-17-11-14(13(4)18-15)10-16-12(2)3/h11-12,16H,5-10H2,1-4H3. The van der Waals surface area contributed by atoms with E-state index in [0.717, 1.165) is 50.9 Å². The van der Waals surface area contributed by atoms with Gasteiger partial charge in [0, 0.05) is 56.2 Å². The zero-order chi connectivity index (χ0) is 14.5. The molecule has 1 fully saturated rings. The van der Waals surface area contributed by atoms with Crippen LogP contribution in [0.2, 0.25) is 0 Å². The summed E-state index contributed by atoms with van der Waals surface area (Å²) in [6.07, 6.45) is 1.97. The molecule has 1 aromatic heterocycles. The first-order valence-corrected chi connectivity index (χ1v) is 7.63. The van der Waals surface area contributed by atoms with E-state index in [1.807, 2.05) is 6.20 Å². The van der Waals surface area contributed by atoms with Gasteiger partial charge in [-0.05, 0) is 13.5 Å². The highest BCUT2D eigenvalue weighted by atomic mass is 15.3. The van der Waals surface area contributed by atoms with Crippen LogP contribution in [0.1, 0.15) is 32.0 Å². The fourth-order valence-corrected chi connectivity index (χ4v) is 2.38. The lowest BCUT2D eigenvalue weighted by molar-refractivity contribution is 0.270. The van der Waals surface area contributed by atoms with Crippen molar-refractivity contribution in [1.82, 2.24) is 20.2 Å². The molecule has 2 heterocycles. The average molecular weight is 277 g/mol. The second kappa shape index (κ2) is 6.99. The lowest BCUT2D eigenvalue weighted by Crippen LogP contribution is -2.46. The molecule has 0 aliphatic carbocycles. The molecule has 5 nitrogen and oxygen atoms in total. The monoisotopic (exact) mass is 277 g/mol. The largest absolute Gasteiger partial charge is 0.338 e. The van der Waals surface area contributed by atoms with Crippen molar-refractivity contribution in [2.45, 2.75) is 40.3 Å². The van der Waals surface area contributed by atoms with Crippen LogP contribution in [-0.4, -0.2) is 53.6 Å². The molecule has 112 valence electrons. The SMILES string of the molecule is CCN1CCN(c2ncc(CNC(C)C)c(C)n2)CC1. The summed E-state index contributed by atoms with van der Waals surface area (Å²) in [5, 5.41) is 3.41. The van der Waals surface area contributed by atoms with Gasteiger partial charge in [0.2, 0.25) is 5.95 Å². The highest BCUT2D eigenvalue weighted by molar-refractivity contribution is 5.33. The number of aryl methyl sites for hydroxylation is 1. The maximum Gasteiger partial charge on any atom is 0.225 e. The summed E-state index contributed by atoms with van der Waals surface area (Å²) in [4.78, 5) is 14.0. The van der Waals surface area contributed by atoms with Crippen molar-refractivity contribution in [2.75, 3.05) is 37.6 Å². The number of likely N-dealkylation sites (N-methyl/N-ethyl adjacent to an activating group) is 1. The highest BCUT2D eigenvalue weighted by Crippen LogP contribution is 2.13. The van der Waals surface area contributed by atoms with Gasteiger partial charge < -0.3 is 15.1 Å². The summed E-state index contributed by atoms with van der Waals surface area (Å²) < 4.78 is 0. The number of piperazine rings is 1. The Kier molecular flexibility index (Phi) is 5.31. The number of hydrogen-bond donors (Lipinski definition) is 1. The molecule has 2 rings (SSSR count). The molecule has 1 aromatic rings. The van der Waals surface area contributed by atoms with Gasteiger partial charge in [0.15, 0.2) is 0 Å². The van der Waals surface area contributed by atoms with E-state index in [-0.39, 0.29) is 0 Å². The Labute approximate surface area is 122 Å². The zero-order valence-electron chi connectivity index (χ0n) is 13.2. The van der Waals surface area contributed by atoms with E-state index in [1.165, 1.54) is 5.56 Å². The normalized spacial score (nSPS) is 16.9. The minimum absolute atomic E-state index is 0.483. The van der Waals surface area contributed by atoms with E-state index in [0.29, 0.717) is 6.04 Å². The van der Waals surface area contributed by atoms with Crippen LogP contribution in [0.5, 0.6) is 0 Å². The van der Waals surface area contributed by atoms with E-state index >= 15 is 0 Å². The summed E-state index contributed by atoms with van der Waals surface area (Å²) in [7, 11) is 0. The number of aromatic nitrogens is 2. The van der Waals surface area contributed by atoms with Crippen molar-refractivity contribution >= 4 is 5.95 Å². The highest BCUT2D eigenvalue weighted by Gasteiger charge is 2.18. The molecular weight excluding hydrogens is 250 g/mol. The van der Waals surface area contributed by atoms with Gasteiger partial charge in [-0.1, -0.05) is 20.8 Å². The predicted molar refractivity (Wildman–Crippen MR) is 83.1 cm³/mol. The van der Waals surface area contributed by atoms with Crippen molar-refractivity contribution in [3.8, 4) is 0 Å². The molecule has 5 heteroatoms. The van der Waals surface area contributed by atoms with E-state index in [4.69, 9.17) is 0 Å². The number of hydrogen-bond acceptors (Lipinski definition) is 5. The zero-order valence-corrected chi connectivity index (χ0v) is 13.2. The Morgan fingerprint density at radius 3 is 2.50 bits per heavy atom.